The van der Waals surface area contributed by atoms with Gasteiger partial charge in [-0.25, -0.2) is 9.97 Å². The maximum atomic E-state index is 12.5. The predicted octanol–water partition coefficient (Wildman–Crippen LogP) is 1.53. The lowest BCUT2D eigenvalue weighted by atomic mass is 10.1. The van der Waals surface area contributed by atoms with Gasteiger partial charge in [0, 0.05) is 63.9 Å². The summed E-state index contributed by atoms with van der Waals surface area (Å²) in [5.41, 5.74) is 4.00. The van der Waals surface area contributed by atoms with E-state index in [1.165, 1.54) is 22.7 Å². The molecule has 2 aliphatic heterocycles. The maximum Gasteiger partial charge on any atom is 0.281 e. The molecule has 2 aromatic heterocycles. The first-order valence-electron chi connectivity index (χ1n) is 11.9. The largest absolute Gasteiger partial charge is 0.473 e. The molecule has 13 heteroatoms. The van der Waals surface area contributed by atoms with Crippen LogP contribution in [-0.2, 0) is 19.7 Å². The molecule has 0 N–H and O–H groups in total. The molecule has 1 aromatic carbocycles. The zero-order valence-corrected chi connectivity index (χ0v) is 22.7. The second-order valence-corrected chi connectivity index (χ2v) is 11.0. The van der Waals surface area contributed by atoms with E-state index < -0.39 is 16.3 Å². The van der Waals surface area contributed by atoms with Gasteiger partial charge in [0.25, 0.3) is 10.2 Å². The van der Waals surface area contributed by atoms with Gasteiger partial charge < -0.3 is 19.1 Å². The molecule has 200 valence electrons. The molecule has 11 nitrogen and oxygen atoms in total. The third-order valence-corrected chi connectivity index (χ3v) is 8.17. The number of nitrogens with zero attached hydrogens (tertiary/aromatic N) is 6. The number of aromatic nitrogens is 3. The van der Waals surface area contributed by atoms with Crippen molar-refractivity contribution in [2.24, 2.45) is 0 Å². The number of morpholine rings is 2. The molecule has 0 spiro atoms. The zero-order valence-electron chi connectivity index (χ0n) is 20.9. The molecular formula is C24H32N6O5S2. The third kappa shape index (κ3) is 6.13. The summed E-state index contributed by atoms with van der Waals surface area (Å²) in [4.78, 5) is 15.9. The summed E-state index contributed by atoms with van der Waals surface area (Å²) in [6.07, 6.45) is 2.79. The highest BCUT2D eigenvalue weighted by molar-refractivity contribution is 7.86. The summed E-state index contributed by atoms with van der Waals surface area (Å²) < 4.78 is 44.9. The van der Waals surface area contributed by atoms with E-state index in [1.807, 2.05) is 18.2 Å². The van der Waals surface area contributed by atoms with E-state index in [0.717, 1.165) is 37.6 Å². The van der Waals surface area contributed by atoms with Crippen molar-refractivity contribution in [2.75, 3.05) is 71.6 Å². The molecule has 0 radical (unpaired) electrons. The predicted molar refractivity (Wildman–Crippen MR) is 146 cm³/mol. The number of fused-ring (bicyclic) bond motifs is 1. The van der Waals surface area contributed by atoms with Crippen LogP contribution in [0.25, 0.3) is 22.3 Å². The molecule has 1 atom stereocenters. The fourth-order valence-corrected chi connectivity index (χ4v) is 5.38. The lowest BCUT2D eigenvalue weighted by molar-refractivity contribution is -0.0264. The number of benzene rings is 1. The van der Waals surface area contributed by atoms with Gasteiger partial charge in [-0.15, -0.1) is 0 Å². The average Bonchev–Trinajstić information content (AvgIpc) is 2.92. The first kappa shape index (κ1) is 27.5. The van der Waals surface area contributed by atoms with Crippen molar-refractivity contribution >= 4 is 40.4 Å². The second-order valence-electron chi connectivity index (χ2n) is 8.84. The Labute approximate surface area is 224 Å². The van der Waals surface area contributed by atoms with Gasteiger partial charge in [-0.2, -0.15) is 30.5 Å². The molecule has 4 heterocycles. The Kier molecular flexibility index (Phi) is 8.82. The minimum atomic E-state index is -3.52. The lowest BCUT2D eigenvalue weighted by Gasteiger charge is -2.33. The highest BCUT2D eigenvalue weighted by atomic mass is 32.2. The minimum absolute atomic E-state index is 0. The Morgan fingerprint density at radius 3 is 2.51 bits per heavy atom. The van der Waals surface area contributed by atoms with Gasteiger partial charge in [0.05, 0.1) is 31.0 Å². The van der Waals surface area contributed by atoms with E-state index in [1.54, 1.807) is 12.4 Å². The zero-order chi connectivity index (χ0) is 25.1. The Hall–Kier alpha value is -2.55. The highest BCUT2D eigenvalue weighted by Crippen LogP contribution is 2.29. The van der Waals surface area contributed by atoms with Crippen LogP contribution in [0.1, 0.15) is 0 Å². The van der Waals surface area contributed by atoms with Crippen molar-refractivity contribution < 1.29 is 22.6 Å². The number of hydrogen-bond acceptors (Lipinski definition) is 9. The summed E-state index contributed by atoms with van der Waals surface area (Å²) in [6.45, 7) is 4.15. The van der Waals surface area contributed by atoms with E-state index in [9.17, 15) is 8.42 Å². The Morgan fingerprint density at radius 2 is 1.78 bits per heavy atom. The summed E-state index contributed by atoms with van der Waals surface area (Å²) in [6, 6.07) is 10.1. The Balaban J connectivity index is 0.00000320. The summed E-state index contributed by atoms with van der Waals surface area (Å²) in [5, 5.41) is 0. The molecule has 0 aliphatic carbocycles. The highest BCUT2D eigenvalue weighted by Gasteiger charge is 2.31. The van der Waals surface area contributed by atoms with E-state index >= 15 is 0 Å². The van der Waals surface area contributed by atoms with Crippen LogP contribution in [0.15, 0.2) is 42.7 Å². The molecule has 3 aromatic rings. The Morgan fingerprint density at radius 1 is 1.05 bits per heavy atom. The summed E-state index contributed by atoms with van der Waals surface area (Å²) >= 11 is 0. The first-order valence-corrected chi connectivity index (χ1v) is 13.3. The summed E-state index contributed by atoms with van der Waals surface area (Å²) in [5.74, 6) is 0.337. The number of pyridine rings is 1. The van der Waals surface area contributed by atoms with Gasteiger partial charge in [-0.05, 0) is 18.2 Å². The number of ether oxygens (including phenoxy) is 3. The second kappa shape index (κ2) is 11.9. The first-order chi connectivity index (χ1) is 17.4. The molecule has 0 bridgehead atoms. The van der Waals surface area contributed by atoms with Crippen LogP contribution in [-0.4, -0.2) is 105 Å². The van der Waals surface area contributed by atoms with Gasteiger partial charge in [0.2, 0.25) is 5.88 Å². The van der Waals surface area contributed by atoms with E-state index in [2.05, 4.69) is 27.0 Å². The summed E-state index contributed by atoms with van der Waals surface area (Å²) in [7, 11) is -0.487. The van der Waals surface area contributed by atoms with Crippen LogP contribution >= 0.6 is 13.5 Å². The van der Waals surface area contributed by atoms with Gasteiger partial charge >= 0.3 is 0 Å². The Bertz CT molecular complexity index is 1300. The van der Waals surface area contributed by atoms with Gasteiger partial charge in [0.1, 0.15) is 12.7 Å². The number of hydrogen-bond donors (Lipinski definition) is 0. The average molecular weight is 549 g/mol. The normalized spacial score (nSPS) is 19.1. The molecule has 2 aliphatic rings. The van der Waals surface area contributed by atoms with E-state index in [-0.39, 0.29) is 26.6 Å². The fraction of sp³-hybridized carbons (Fsp3) is 0.458. The van der Waals surface area contributed by atoms with Gasteiger partial charge in [-0.3, -0.25) is 4.98 Å². The molecule has 37 heavy (non-hydrogen) atoms. The van der Waals surface area contributed by atoms with E-state index in [0.29, 0.717) is 35.8 Å². The van der Waals surface area contributed by atoms with E-state index in [4.69, 9.17) is 19.2 Å². The van der Waals surface area contributed by atoms with Crippen LogP contribution in [0, 0.1) is 0 Å². The minimum Gasteiger partial charge on any atom is -0.473 e. The number of rotatable bonds is 7. The lowest BCUT2D eigenvalue weighted by Crippen LogP contribution is -2.50. The van der Waals surface area contributed by atoms with Crippen molar-refractivity contribution in [1.29, 1.82) is 0 Å². The van der Waals surface area contributed by atoms with Crippen LogP contribution in [0.3, 0.4) is 0 Å². The molecule has 2 saturated heterocycles. The van der Waals surface area contributed by atoms with Gasteiger partial charge in [-0.1, -0.05) is 12.1 Å². The third-order valence-electron chi connectivity index (χ3n) is 6.26. The van der Waals surface area contributed by atoms with Crippen LogP contribution < -0.4 is 9.64 Å². The van der Waals surface area contributed by atoms with Crippen LogP contribution in [0.5, 0.6) is 5.88 Å². The molecule has 0 saturated carbocycles. The maximum absolute atomic E-state index is 12.5. The molecule has 5 rings (SSSR count). The van der Waals surface area contributed by atoms with Crippen molar-refractivity contribution in [1.82, 2.24) is 23.6 Å². The van der Waals surface area contributed by atoms with Crippen molar-refractivity contribution in [2.45, 2.75) is 6.10 Å². The topological polar surface area (TPSA) is 110 Å². The monoisotopic (exact) mass is 548 g/mol. The van der Waals surface area contributed by atoms with Crippen molar-refractivity contribution in [3.63, 3.8) is 0 Å². The van der Waals surface area contributed by atoms with Gasteiger partial charge in [0.15, 0.2) is 5.52 Å². The molecular weight excluding hydrogens is 516 g/mol. The SMILES string of the molecule is CN(C)S(=O)(=O)N1CCO[C@H](COc2nc(-c3ccc(N4CCOCC4)cc3)cc3nccnc23)C1.S. The smallest absolute Gasteiger partial charge is 0.281 e. The quantitative estimate of drug-likeness (QED) is 0.434. The molecule has 0 amide bonds. The van der Waals surface area contributed by atoms with Crippen LogP contribution in [0.2, 0.25) is 0 Å². The van der Waals surface area contributed by atoms with Crippen molar-refractivity contribution in [3.8, 4) is 17.1 Å². The molecule has 2 fully saturated rings. The van der Waals surface area contributed by atoms with Crippen molar-refractivity contribution in [3.05, 3.63) is 42.7 Å². The van der Waals surface area contributed by atoms with Crippen LogP contribution in [0.4, 0.5) is 5.69 Å². The standard InChI is InChI=1S/C24H30N6O5S.H2S/c1-28(2)36(31,32)30-11-14-34-20(16-30)17-35-24-23-22(25-7-8-26-23)15-21(27-24)18-3-5-19(6-4-18)29-9-12-33-13-10-29;/h3-8,15,20H,9-14,16-17H2,1-2H3;1H2/t20-;/m0./s1. The number of anilines is 1. The fourth-order valence-electron chi connectivity index (χ4n) is 4.26. The molecule has 0 unspecified atom stereocenters.